The number of carboxylic acid groups (broad SMARTS) is 1. The van der Waals surface area contributed by atoms with Gasteiger partial charge in [-0.25, -0.2) is 9.18 Å². The SMILES string of the molecule is NC(Cc1ccc(F)cc1)[N-]OC(C(=O)O)c1ccccc1.[K+]. The molecule has 2 aromatic rings. The van der Waals surface area contributed by atoms with Crippen molar-refractivity contribution in [1.29, 1.82) is 0 Å². The van der Waals surface area contributed by atoms with Crippen molar-refractivity contribution in [2.45, 2.75) is 18.7 Å². The van der Waals surface area contributed by atoms with Crippen LogP contribution in [0.1, 0.15) is 17.2 Å². The van der Waals surface area contributed by atoms with Crippen LogP contribution >= 0.6 is 0 Å². The zero-order chi connectivity index (χ0) is 15.9. The second kappa shape index (κ2) is 10.3. The third-order valence-corrected chi connectivity index (χ3v) is 2.99. The summed E-state index contributed by atoms with van der Waals surface area (Å²) in [5.41, 5.74) is 10.8. The molecule has 2 unspecified atom stereocenters. The van der Waals surface area contributed by atoms with Crippen LogP contribution in [0.5, 0.6) is 0 Å². The number of hydroxylamine groups is 1. The van der Waals surface area contributed by atoms with Crippen LogP contribution in [-0.4, -0.2) is 17.2 Å². The number of carboxylic acids is 1. The fraction of sp³-hybridized carbons (Fsp3) is 0.188. The number of benzene rings is 2. The van der Waals surface area contributed by atoms with Gasteiger partial charge in [-0.3, -0.25) is 0 Å². The zero-order valence-corrected chi connectivity index (χ0v) is 15.8. The van der Waals surface area contributed by atoms with Gasteiger partial charge in [0, 0.05) is 0 Å². The van der Waals surface area contributed by atoms with Crippen molar-refractivity contribution in [3.63, 3.8) is 0 Å². The Morgan fingerprint density at radius 2 is 1.78 bits per heavy atom. The molecule has 0 aromatic heterocycles. The van der Waals surface area contributed by atoms with Crippen molar-refractivity contribution in [2.24, 2.45) is 5.73 Å². The van der Waals surface area contributed by atoms with E-state index in [1.807, 2.05) is 0 Å². The molecule has 5 nitrogen and oxygen atoms in total. The molecule has 0 bridgehead atoms. The van der Waals surface area contributed by atoms with E-state index < -0.39 is 18.2 Å². The summed E-state index contributed by atoms with van der Waals surface area (Å²) < 4.78 is 12.8. The Hall–Kier alpha value is -0.644. The number of nitrogens with zero attached hydrogens (tertiary/aromatic N) is 1. The molecule has 0 heterocycles. The van der Waals surface area contributed by atoms with Crippen LogP contribution in [0.2, 0.25) is 0 Å². The molecule has 0 radical (unpaired) electrons. The van der Waals surface area contributed by atoms with Crippen molar-refractivity contribution in [3.8, 4) is 0 Å². The smallest absolute Gasteiger partial charge is 0.518 e. The van der Waals surface area contributed by atoms with E-state index in [2.05, 4.69) is 5.48 Å². The van der Waals surface area contributed by atoms with Crippen molar-refractivity contribution in [1.82, 2.24) is 0 Å². The molecule has 2 rings (SSSR count). The molecule has 0 amide bonds. The summed E-state index contributed by atoms with van der Waals surface area (Å²) in [6, 6.07) is 14.3. The first kappa shape index (κ1) is 20.4. The van der Waals surface area contributed by atoms with Crippen LogP contribution in [0, 0.1) is 5.82 Å². The maximum atomic E-state index is 12.8. The summed E-state index contributed by atoms with van der Waals surface area (Å²) in [6.45, 7) is 0. The number of nitrogens with two attached hydrogens (primary N) is 1. The number of carbonyl (C=O) groups is 1. The first-order valence-electron chi connectivity index (χ1n) is 6.70. The summed E-state index contributed by atoms with van der Waals surface area (Å²) in [5.74, 6) is -1.48. The van der Waals surface area contributed by atoms with Gasteiger partial charge in [0.25, 0.3) is 0 Å². The Morgan fingerprint density at radius 3 is 2.35 bits per heavy atom. The monoisotopic (exact) mass is 342 g/mol. The van der Waals surface area contributed by atoms with E-state index in [0.29, 0.717) is 12.0 Å². The first-order chi connectivity index (χ1) is 10.6. The third kappa shape index (κ3) is 6.78. The molecule has 116 valence electrons. The number of hydrogen-bond acceptors (Lipinski definition) is 3. The molecule has 23 heavy (non-hydrogen) atoms. The molecule has 2 atom stereocenters. The van der Waals surface area contributed by atoms with Crippen LogP contribution in [-0.2, 0) is 16.1 Å². The first-order valence-corrected chi connectivity index (χ1v) is 6.70. The Bertz CT molecular complexity index is 610. The molecule has 0 saturated carbocycles. The molecule has 0 saturated heterocycles. The van der Waals surface area contributed by atoms with Gasteiger partial charge >= 0.3 is 57.4 Å². The second-order valence-electron chi connectivity index (χ2n) is 4.74. The number of rotatable bonds is 7. The van der Waals surface area contributed by atoms with E-state index in [0.717, 1.165) is 5.56 Å². The maximum Gasteiger partial charge on any atom is 1.00 e. The van der Waals surface area contributed by atoms with E-state index in [-0.39, 0.29) is 57.2 Å². The van der Waals surface area contributed by atoms with Gasteiger partial charge in [-0.15, -0.1) is 0 Å². The van der Waals surface area contributed by atoms with Crippen LogP contribution in [0.3, 0.4) is 0 Å². The molecule has 0 spiro atoms. The standard InChI is InChI=1S/C16H16FN2O3.K/c17-13-8-6-11(7-9-13)10-14(18)19-22-15(16(20)21)12-4-2-1-3-5-12;/h1-9,14-15H,10,18H2,(H,20,21);/q-1;+1. The Labute approximate surface area is 176 Å². The minimum absolute atomic E-state index is 0. The van der Waals surface area contributed by atoms with Gasteiger partial charge < -0.3 is 21.2 Å². The molecule has 0 aliphatic carbocycles. The predicted molar refractivity (Wildman–Crippen MR) is 79.3 cm³/mol. The van der Waals surface area contributed by atoms with E-state index in [1.54, 1.807) is 42.5 Å². The quantitative estimate of drug-likeness (QED) is 0.538. The molecule has 0 aliphatic heterocycles. The van der Waals surface area contributed by atoms with Crippen LogP contribution in [0.4, 0.5) is 4.39 Å². The fourth-order valence-corrected chi connectivity index (χ4v) is 1.91. The van der Waals surface area contributed by atoms with Crippen LogP contribution < -0.4 is 57.1 Å². The van der Waals surface area contributed by atoms with E-state index in [9.17, 15) is 14.3 Å². The molecule has 2 aromatic carbocycles. The van der Waals surface area contributed by atoms with Gasteiger partial charge in [0.2, 0.25) is 0 Å². The maximum absolute atomic E-state index is 12.8. The summed E-state index contributed by atoms with van der Waals surface area (Å²) in [5, 5.41) is 9.19. The third-order valence-electron chi connectivity index (χ3n) is 2.99. The molecular formula is C16H16FKN2O3. The van der Waals surface area contributed by atoms with Crippen molar-refractivity contribution in [2.75, 3.05) is 0 Å². The Balaban J connectivity index is 0.00000264. The van der Waals surface area contributed by atoms with Crippen LogP contribution in [0.15, 0.2) is 54.6 Å². The summed E-state index contributed by atoms with van der Waals surface area (Å²) in [7, 11) is 0. The van der Waals surface area contributed by atoms with Crippen LogP contribution in [0.25, 0.3) is 5.48 Å². The molecule has 7 heteroatoms. The zero-order valence-electron chi connectivity index (χ0n) is 12.7. The van der Waals surface area contributed by atoms with Gasteiger partial charge in [0.15, 0.2) is 6.10 Å². The summed E-state index contributed by atoms with van der Waals surface area (Å²) in [6.07, 6.45) is -1.63. The van der Waals surface area contributed by atoms with Gasteiger partial charge in [0.1, 0.15) is 5.82 Å². The minimum Gasteiger partial charge on any atom is -0.518 e. The molecule has 3 N–H and O–H groups in total. The summed E-state index contributed by atoms with van der Waals surface area (Å²) >= 11 is 0. The van der Waals surface area contributed by atoms with E-state index in [4.69, 9.17) is 10.6 Å². The number of hydrogen-bond donors (Lipinski definition) is 2. The second-order valence-corrected chi connectivity index (χ2v) is 4.74. The minimum atomic E-state index is -1.21. The van der Waals surface area contributed by atoms with Gasteiger partial charge in [-0.05, 0) is 29.7 Å². The Morgan fingerprint density at radius 1 is 1.17 bits per heavy atom. The number of aliphatic carboxylic acids is 1. The molecule has 0 fully saturated rings. The predicted octanol–water partition coefficient (Wildman–Crippen LogP) is -0.212. The molecular weight excluding hydrogens is 326 g/mol. The Kier molecular flexibility index (Phi) is 9.11. The summed E-state index contributed by atoms with van der Waals surface area (Å²) in [4.78, 5) is 16.3. The topological polar surface area (TPSA) is 86.7 Å². The molecule has 0 aliphatic rings. The van der Waals surface area contributed by atoms with Crippen molar-refractivity contribution >= 4 is 5.97 Å². The fourth-order valence-electron chi connectivity index (χ4n) is 1.91. The van der Waals surface area contributed by atoms with Gasteiger partial charge in [0.05, 0.1) is 0 Å². The van der Waals surface area contributed by atoms with E-state index >= 15 is 0 Å². The van der Waals surface area contributed by atoms with Gasteiger partial charge in [-0.2, -0.15) is 0 Å². The average Bonchev–Trinajstić information content (AvgIpc) is 2.50. The van der Waals surface area contributed by atoms with Gasteiger partial charge in [-0.1, -0.05) is 48.6 Å². The largest absolute Gasteiger partial charge is 1.00 e. The van der Waals surface area contributed by atoms with E-state index in [1.165, 1.54) is 12.1 Å². The van der Waals surface area contributed by atoms with Crippen molar-refractivity contribution in [3.05, 3.63) is 77.0 Å². The average molecular weight is 342 g/mol. The number of halogens is 1. The normalized spacial score (nSPS) is 13.0. The van der Waals surface area contributed by atoms with Crippen molar-refractivity contribution < 1.29 is 70.5 Å².